The van der Waals surface area contributed by atoms with Gasteiger partial charge in [0, 0.05) is 24.3 Å². The van der Waals surface area contributed by atoms with Crippen LogP contribution in [0.1, 0.15) is 40.3 Å². The van der Waals surface area contributed by atoms with Gasteiger partial charge in [-0.15, -0.1) is 11.8 Å². The Kier molecular flexibility index (Phi) is 7.94. The monoisotopic (exact) mass is 566 g/mol. The Hall–Kier alpha value is -3.88. The Morgan fingerprint density at radius 1 is 1.02 bits per heavy atom. The zero-order valence-corrected chi connectivity index (χ0v) is 24.2. The fourth-order valence-electron chi connectivity index (χ4n) is 5.60. The molecule has 7 nitrogen and oxygen atoms in total. The van der Waals surface area contributed by atoms with Crippen molar-refractivity contribution in [3.8, 4) is 16.9 Å². The van der Waals surface area contributed by atoms with E-state index in [4.69, 9.17) is 9.84 Å². The zero-order valence-electron chi connectivity index (χ0n) is 23.4. The minimum atomic E-state index is -0.211. The smallest absolute Gasteiger partial charge is 0.240 e. The van der Waals surface area contributed by atoms with Crippen LogP contribution in [0.3, 0.4) is 0 Å². The second-order valence-corrected chi connectivity index (χ2v) is 11.8. The van der Waals surface area contributed by atoms with Gasteiger partial charge in [-0.25, -0.2) is 4.68 Å². The summed E-state index contributed by atoms with van der Waals surface area (Å²) in [6.45, 7) is 5.20. The van der Waals surface area contributed by atoms with Gasteiger partial charge < -0.3 is 10.1 Å². The summed E-state index contributed by atoms with van der Waals surface area (Å²) in [5.74, 6) is 0.557. The highest BCUT2D eigenvalue weighted by atomic mass is 32.2. The molecule has 4 aromatic rings. The summed E-state index contributed by atoms with van der Waals surface area (Å²) in [5, 5.41) is 8.03. The zero-order chi connectivity index (χ0) is 28.3. The third-order valence-electron chi connectivity index (χ3n) is 7.58. The number of nitrogens with one attached hydrogen (secondary N) is 1. The number of carbonyl (C=O) groups is 2. The van der Waals surface area contributed by atoms with Gasteiger partial charge in [-0.1, -0.05) is 72.3 Å². The van der Waals surface area contributed by atoms with E-state index in [9.17, 15) is 9.59 Å². The van der Waals surface area contributed by atoms with Crippen molar-refractivity contribution < 1.29 is 14.3 Å². The number of benzene rings is 3. The molecule has 0 spiro atoms. The summed E-state index contributed by atoms with van der Waals surface area (Å²) < 4.78 is 7.54. The van der Waals surface area contributed by atoms with Gasteiger partial charge in [-0.05, 0) is 49.9 Å². The van der Waals surface area contributed by atoms with Crippen molar-refractivity contribution in [2.24, 2.45) is 0 Å². The largest absolute Gasteiger partial charge is 0.376 e. The van der Waals surface area contributed by atoms with Crippen LogP contribution >= 0.6 is 11.8 Å². The number of aromatic nitrogens is 2. The first-order chi connectivity index (χ1) is 20.0. The van der Waals surface area contributed by atoms with E-state index in [1.807, 2.05) is 60.1 Å². The molecule has 41 heavy (non-hydrogen) atoms. The third kappa shape index (κ3) is 5.80. The molecule has 6 rings (SSSR count). The van der Waals surface area contributed by atoms with Crippen LogP contribution in [0.5, 0.6) is 0 Å². The fraction of sp³-hybridized carbons (Fsp3) is 0.303. The second kappa shape index (κ2) is 11.9. The number of aryl methyl sites for hydroxylation is 2. The van der Waals surface area contributed by atoms with Crippen molar-refractivity contribution in [2.75, 3.05) is 30.3 Å². The molecule has 1 saturated heterocycles. The van der Waals surface area contributed by atoms with Crippen LogP contribution in [-0.2, 0) is 14.3 Å². The number of thioether (sulfide) groups is 1. The lowest BCUT2D eigenvalue weighted by Crippen LogP contribution is -2.44. The van der Waals surface area contributed by atoms with E-state index in [0.29, 0.717) is 12.4 Å². The van der Waals surface area contributed by atoms with Gasteiger partial charge in [-0.3, -0.25) is 14.5 Å². The Bertz CT molecular complexity index is 1560. The Labute approximate surface area is 244 Å². The van der Waals surface area contributed by atoms with Crippen molar-refractivity contribution in [3.63, 3.8) is 0 Å². The molecule has 2 atom stereocenters. The average Bonchev–Trinajstić information content (AvgIpc) is 3.61. The van der Waals surface area contributed by atoms with Gasteiger partial charge in [0.2, 0.25) is 11.8 Å². The van der Waals surface area contributed by atoms with Crippen molar-refractivity contribution in [2.45, 2.75) is 38.0 Å². The summed E-state index contributed by atoms with van der Waals surface area (Å²) in [4.78, 5) is 28.8. The second-order valence-electron chi connectivity index (χ2n) is 10.7. The molecule has 2 aliphatic rings. The maximum absolute atomic E-state index is 13.9. The SMILES string of the molecule is Cc1cccc([C@@H]2SCC(=O)N(CC(=O)NC[C@@H]3CCCO3)c3c2c(-c2ccccc2)nn3-c2cccc(C)c2)c1. The van der Waals surface area contributed by atoms with Crippen molar-refractivity contribution in [1.82, 2.24) is 15.1 Å². The van der Waals surface area contributed by atoms with Crippen LogP contribution in [0, 0.1) is 13.8 Å². The lowest BCUT2D eigenvalue weighted by molar-refractivity contribution is -0.123. The first kappa shape index (κ1) is 27.3. The molecule has 0 aliphatic carbocycles. The van der Waals surface area contributed by atoms with E-state index in [1.165, 1.54) is 0 Å². The highest BCUT2D eigenvalue weighted by Gasteiger charge is 2.37. The summed E-state index contributed by atoms with van der Waals surface area (Å²) in [6, 6.07) is 26.6. The number of ether oxygens (including phenoxy) is 1. The van der Waals surface area contributed by atoms with Crippen molar-refractivity contribution >= 4 is 29.4 Å². The van der Waals surface area contributed by atoms with Gasteiger partial charge in [0.15, 0.2) is 0 Å². The lowest BCUT2D eigenvalue weighted by atomic mass is 9.98. The molecule has 1 N–H and O–H groups in total. The number of nitrogens with zero attached hydrogens (tertiary/aromatic N) is 3. The van der Waals surface area contributed by atoms with Crippen LogP contribution in [0.15, 0.2) is 78.9 Å². The number of hydrogen-bond donors (Lipinski definition) is 1. The Morgan fingerprint density at radius 3 is 2.54 bits per heavy atom. The average molecular weight is 567 g/mol. The molecule has 0 radical (unpaired) electrons. The van der Waals surface area contributed by atoms with Crippen LogP contribution in [0.2, 0.25) is 0 Å². The molecule has 3 heterocycles. The quantitative estimate of drug-likeness (QED) is 0.314. The summed E-state index contributed by atoms with van der Waals surface area (Å²) in [6.07, 6.45) is 1.96. The first-order valence-electron chi connectivity index (χ1n) is 14.1. The van der Waals surface area contributed by atoms with Gasteiger partial charge in [-0.2, -0.15) is 5.10 Å². The minimum Gasteiger partial charge on any atom is -0.376 e. The topological polar surface area (TPSA) is 76.5 Å². The number of fused-ring (bicyclic) bond motifs is 1. The molecule has 0 saturated carbocycles. The highest BCUT2D eigenvalue weighted by Crippen LogP contribution is 2.48. The van der Waals surface area contributed by atoms with Gasteiger partial charge in [0.05, 0.1) is 28.5 Å². The Morgan fingerprint density at radius 2 is 1.80 bits per heavy atom. The number of carbonyl (C=O) groups excluding carboxylic acids is 2. The summed E-state index contributed by atoms with van der Waals surface area (Å²) in [7, 11) is 0. The third-order valence-corrected chi connectivity index (χ3v) is 8.83. The molecule has 210 valence electrons. The minimum absolute atomic E-state index is 0.0260. The molecule has 2 aliphatic heterocycles. The molecule has 8 heteroatoms. The highest BCUT2D eigenvalue weighted by molar-refractivity contribution is 8.00. The molecule has 1 aromatic heterocycles. The molecule has 2 amide bonds. The predicted molar refractivity (Wildman–Crippen MR) is 164 cm³/mol. The molecule has 0 bridgehead atoms. The van der Waals surface area contributed by atoms with Crippen LogP contribution in [-0.4, -0.2) is 53.1 Å². The van der Waals surface area contributed by atoms with E-state index in [1.54, 1.807) is 16.7 Å². The molecular weight excluding hydrogens is 532 g/mol. The normalized spacial score (nSPS) is 18.7. The van der Waals surface area contributed by atoms with Crippen molar-refractivity contribution in [1.29, 1.82) is 0 Å². The van der Waals surface area contributed by atoms with E-state index >= 15 is 0 Å². The fourth-order valence-corrected chi connectivity index (χ4v) is 6.78. The summed E-state index contributed by atoms with van der Waals surface area (Å²) >= 11 is 1.59. The number of rotatable bonds is 7. The number of amides is 2. The van der Waals surface area contributed by atoms with Gasteiger partial charge in [0.1, 0.15) is 12.4 Å². The molecule has 3 aromatic carbocycles. The number of hydrogen-bond acceptors (Lipinski definition) is 5. The predicted octanol–water partition coefficient (Wildman–Crippen LogP) is 5.62. The standard InChI is InChI=1S/C33H34N4O3S/c1-22-9-6-13-25(17-22)32-30-31(24-11-4-3-5-12-24)35-37(26-14-7-10-23(2)18-26)33(30)36(29(39)21-41-32)20-28(38)34-19-27-15-8-16-40-27/h3-7,9-14,17-18,27,32H,8,15-16,19-21H2,1-2H3,(H,34,38)/t27-,32-/m0/s1. The molecular formula is C33H34N4O3S. The van der Waals surface area contributed by atoms with Gasteiger partial charge >= 0.3 is 0 Å². The van der Waals surface area contributed by atoms with Crippen LogP contribution in [0.4, 0.5) is 5.82 Å². The molecule has 0 unspecified atom stereocenters. The maximum atomic E-state index is 13.9. The maximum Gasteiger partial charge on any atom is 0.240 e. The van der Waals surface area contributed by atoms with E-state index < -0.39 is 0 Å². The lowest BCUT2D eigenvalue weighted by Gasteiger charge is -2.23. The first-order valence-corrected chi connectivity index (χ1v) is 15.1. The van der Waals surface area contributed by atoms with Crippen LogP contribution < -0.4 is 10.2 Å². The molecule has 1 fully saturated rings. The Balaban J connectivity index is 1.52. The van der Waals surface area contributed by atoms with E-state index in [-0.39, 0.29) is 35.5 Å². The van der Waals surface area contributed by atoms with E-state index in [2.05, 4.69) is 42.6 Å². The van der Waals surface area contributed by atoms with Crippen molar-refractivity contribution in [3.05, 3.63) is 101 Å². The van der Waals surface area contributed by atoms with Gasteiger partial charge in [0.25, 0.3) is 0 Å². The number of anilines is 1. The van der Waals surface area contributed by atoms with Crippen LogP contribution in [0.25, 0.3) is 16.9 Å². The van der Waals surface area contributed by atoms with E-state index in [0.717, 1.165) is 58.6 Å². The summed E-state index contributed by atoms with van der Waals surface area (Å²) in [5.41, 5.74) is 6.89.